The van der Waals surface area contributed by atoms with E-state index >= 15 is 0 Å². The van der Waals surface area contributed by atoms with E-state index in [4.69, 9.17) is 0 Å². The molecule has 0 aromatic carbocycles. The zero-order valence-electron chi connectivity index (χ0n) is 7.05. The molecule has 1 aromatic rings. The standard InChI is InChI=1S/C9H11BrN2/c1-8-4-9(5-8,6-8)12-3-2-7(10)11-12/h2-3H,4-6H2,1H3. The van der Waals surface area contributed by atoms with Gasteiger partial charge < -0.3 is 0 Å². The van der Waals surface area contributed by atoms with Crippen LogP contribution in [0.4, 0.5) is 0 Å². The van der Waals surface area contributed by atoms with Crippen LogP contribution in [0.25, 0.3) is 0 Å². The highest BCUT2D eigenvalue weighted by Crippen LogP contribution is 2.70. The predicted molar refractivity (Wildman–Crippen MR) is 49.9 cm³/mol. The van der Waals surface area contributed by atoms with Gasteiger partial charge in [0.05, 0.1) is 5.54 Å². The summed E-state index contributed by atoms with van der Waals surface area (Å²) >= 11 is 3.38. The summed E-state index contributed by atoms with van der Waals surface area (Å²) < 4.78 is 3.10. The average molecular weight is 227 g/mol. The lowest BCUT2D eigenvalue weighted by Gasteiger charge is -2.69. The van der Waals surface area contributed by atoms with Crippen molar-refractivity contribution in [3.8, 4) is 0 Å². The third-order valence-electron chi connectivity index (χ3n) is 3.31. The lowest BCUT2D eigenvalue weighted by Crippen LogP contribution is -2.66. The molecule has 3 saturated carbocycles. The van der Waals surface area contributed by atoms with Crippen molar-refractivity contribution in [1.29, 1.82) is 0 Å². The van der Waals surface area contributed by atoms with Gasteiger partial charge in [0, 0.05) is 6.20 Å². The van der Waals surface area contributed by atoms with Crippen molar-refractivity contribution in [2.45, 2.75) is 31.7 Å². The fourth-order valence-electron chi connectivity index (χ4n) is 3.04. The highest BCUT2D eigenvalue weighted by molar-refractivity contribution is 9.10. The molecule has 0 unspecified atom stereocenters. The lowest BCUT2D eigenvalue weighted by molar-refractivity contribution is -0.180. The topological polar surface area (TPSA) is 17.8 Å². The summed E-state index contributed by atoms with van der Waals surface area (Å²) in [5.74, 6) is 0. The van der Waals surface area contributed by atoms with E-state index in [0.717, 1.165) is 4.60 Å². The van der Waals surface area contributed by atoms with Crippen LogP contribution >= 0.6 is 15.9 Å². The minimum atomic E-state index is 0.417. The second kappa shape index (κ2) is 1.79. The second-order valence-electron chi connectivity index (χ2n) is 4.65. The van der Waals surface area contributed by atoms with Gasteiger partial charge in [-0.05, 0) is 46.7 Å². The van der Waals surface area contributed by atoms with Crippen molar-refractivity contribution >= 4 is 15.9 Å². The van der Waals surface area contributed by atoms with Gasteiger partial charge in [-0.15, -0.1) is 0 Å². The van der Waals surface area contributed by atoms with E-state index in [1.54, 1.807) is 0 Å². The molecule has 0 atom stereocenters. The lowest BCUT2D eigenvalue weighted by atomic mass is 9.40. The van der Waals surface area contributed by atoms with Gasteiger partial charge in [-0.3, -0.25) is 4.68 Å². The van der Waals surface area contributed by atoms with Crippen LogP contribution in [0.3, 0.4) is 0 Å². The first-order valence-electron chi connectivity index (χ1n) is 4.34. The Bertz CT molecular complexity index is 322. The van der Waals surface area contributed by atoms with Crippen molar-refractivity contribution in [1.82, 2.24) is 9.78 Å². The molecule has 4 rings (SSSR count). The molecular formula is C9H11BrN2. The first-order valence-corrected chi connectivity index (χ1v) is 5.13. The zero-order valence-corrected chi connectivity index (χ0v) is 8.63. The van der Waals surface area contributed by atoms with Crippen molar-refractivity contribution in [3.05, 3.63) is 16.9 Å². The summed E-state index contributed by atoms with van der Waals surface area (Å²) in [4.78, 5) is 0. The van der Waals surface area contributed by atoms with Crippen molar-refractivity contribution < 1.29 is 0 Å². The zero-order chi connectivity index (χ0) is 8.40. The molecule has 12 heavy (non-hydrogen) atoms. The molecule has 1 aromatic heterocycles. The molecule has 0 amide bonds. The maximum absolute atomic E-state index is 4.41. The van der Waals surface area contributed by atoms with Crippen LogP contribution in [0.5, 0.6) is 0 Å². The first kappa shape index (κ1) is 7.13. The van der Waals surface area contributed by atoms with E-state index < -0.39 is 0 Å². The normalized spacial score (nSPS) is 43.5. The molecule has 3 aliphatic rings. The fraction of sp³-hybridized carbons (Fsp3) is 0.667. The molecule has 3 aliphatic carbocycles. The molecule has 2 bridgehead atoms. The molecular weight excluding hydrogens is 216 g/mol. The number of aromatic nitrogens is 2. The third kappa shape index (κ3) is 0.685. The summed E-state index contributed by atoms with van der Waals surface area (Å²) in [6, 6.07) is 2.02. The minimum absolute atomic E-state index is 0.417. The average Bonchev–Trinajstić information content (AvgIpc) is 2.26. The van der Waals surface area contributed by atoms with Gasteiger partial charge in [0.25, 0.3) is 0 Å². The highest BCUT2D eigenvalue weighted by atomic mass is 79.9. The molecule has 2 nitrogen and oxygen atoms in total. The van der Waals surface area contributed by atoms with E-state index in [1.807, 2.05) is 6.07 Å². The molecule has 0 saturated heterocycles. The Morgan fingerprint density at radius 3 is 2.58 bits per heavy atom. The largest absolute Gasteiger partial charge is 0.265 e. The smallest absolute Gasteiger partial charge is 0.128 e. The number of halogens is 1. The Hall–Kier alpha value is -0.310. The number of hydrogen-bond acceptors (Lipinski definition) is 1. The Labute approximate surface area is 80.1 Å². The van der Waals surface area contributed by atoms with Crippen LogP contribution in [0.1, 0.15) is 26.2 Å². The van der Waals surface area contributed by atoms with Gasteiger partial charge >= 0.3 is 0 Å². The fourth-order valence-corrected chi connectivity index (χ4v) is 3.33. The van der Waals surface area contributed by atoms with Crippen LogP contribution in [0, 0.1) is 5.41 Å². The number of nitrogens with zero attached hydrogens (tertiary/aromatic N) is 2. The van der Waals surface area contributed by atoms with E-state index in [-0.39, 0.29) is 0 Å². The van der Waals surface area contributed by atoms with Crippen LogP contribution < -0.4 is 0 Å². The minimum Gasteiger partial charge on any atom is -0.265 e. The SMILES string of the molecule is CC12CC(n3ccc(Br)n3)(C1)C2. The third-order valence-corrected chi connectivity index (χ3v) is 3.73. The van der Waals surface area contributed by atoms with Gasteiger partial charge in [0.2, 0.25) is 0 Å². The van der Waals surface area contributed by atoms with E-state index in [1.165, 1.54) is 19.3 Å². The Kier molecular flexibility index (Phi) is 1.06. The van der Waals surface area contributed by atoms with Crippen molar-refractivity contribution in [2.24, 2.45) is 5.41 Å². The van der Waals surface area contributed by atoms with E-state index in [2.05, 4.69) is 38.8 Å². The maximum atomic E-state index is 4.41. The number of rotatable bonds is 1. The molecule has 0 aliphatic heterocycles. The molecule has 0 N–H and O–H groups in total. The van der Waals surface area contributed by atoms with Gasteiger partial charge in [0.1, 0.15) is 4.60 Å². The van der Waals surface area contributed by atoms with E-state index in [9.17, 15) is 0 Å². The Morgan fingerprint density at radius 1 is 1.50 bits per heavy atom. The maximum Gasteiger partial charge on any atom is 0.128 e. The van der Waals surface area contributed by atoms with Crippen LogP contribution in [-0.4, -0.2) is 9.78 Å². The summed E-state index contributed by atoms with van der Waals surface area (Å²) in [6.07, 6.45) is 6.07. The predicted octanol–water partition coefficient (Wildman–Crippen LogP) is 2.54. The van der Waals surface area contributed by atoms with Crippen LogP contribution in [-0.2, 0) is 5.54 Å². The summed E-state index contributed by atoms with van der Waals surface area (Å²) in [5, 5.41) is 4.41. The highest BCUT2D eigenvalue weighted by Gasteiger charge is 2.66. The number of hydrogen-bond donors (Lipinski definition) is 0. The van der Waals surface area contributed by atoms with Gasteiger partial charge in [-0.1, -0.05) is 6.92 Å². The first-order chi connectivity index (χ1) is 5.62. The Morgan fingerprint density at radius 2 is 2.17 bits per heavy atom. The summed E-state index contributed by atoms with van der Waals surface area (Å²) in [6.45, 7) is 2.37. The van der Waals surface area contributed by atoms with E-state index in [0.29, 0.717) is 11.0 Å². The van der Waals surface area contributed by atoms with Crippen LogP contribution in [0.15, 0.2) is 16.9 Å². The molecule has 3 heteroatoms. The molecule has 0 spiro atoms. The monoisotopic (exact) mass is 226 g/mol. The molecule has 1 heterocycles. The van der Waals surface area contributed by atoms with Crippen LogP contribution in [0.2, 0.25) is 0 Å². The molecule has 64 valence electrons. The molecule has 3 fully saturated rings. The van der Waals surface area contributed by atoms with Crippen molar-refractivity contribution in [2.75, 3.05) is 0 Å². The van der Waals surface area contributed by atoms with Crippen molar-refractivity contribution in [3.63, 3.8) is 0 Å². The van der Waals surface area contributed by atoms with Gasteiger partial charge in [-0.25, -0.2) is 0 Å². The van der Waals surface area contributed by atoms with Gasteiger partial charge in [-0.2, -0.15) is 5.10 Å². The Balaban J connectivity index is 1.93. The molecule has 0 radical (unpaired) electrons. The quantitative estimate of drug-likeness (QED) is 0.720. The van der Waals surface area contributed by atoms with Gasteiger partial charge in [0.15, 0.2) is 0 Å². The summed E-state index contributed by atoms with van der Waals surface area (Å²) in [7, 11) is 0. The summed E-state index contributed by atoms with van der Waals surface area (Å²) in [5.41, 5.74) is 1.08. The second-order valence-corrected chi connectivity index (χ2v) is 5.46.